The minimum absolute atomic E-state index is 0.176. The van der Waals surface area contributed by atoms with E-state index in [1.54, 1.807) is 48.5 Å². The lowest BCUT2D eigenvalue weighted by molar-refractivity contribution is -0.122. The average Bonchev–Trinajstić information content (AvgIpc) is 2.82. The summed E-state index contributed by atoms with van der Waals surface area (Å²) in [6, 6.07) is 20.3. The maximum absolute atomic E-state index is 13.1. The summed E-state index contributed by atoms with van der Waals surface area (Å²) in [6.45, 7) is 0.310. The van der Waals surface area contributed by atoms with E-state index in [1.807, 2.05) is 24.3 Å². The fourth-order valence-corrected chi connectivity index (χ4v) is 3.52. The van der Waals surface area contributed by atoms with Crippen molar-refractivity contribution in [3.8, 4) is 11.5 Å². The number of imide groups is 2. The predicted octanol–water partition coefficient (Wildman–Crippen LogP) is 4.70. The highest BCUT2D eigenvalue weighted by Gasteiger charge is 2.37. The number of methoxy groups -OCH3 is 1. The molecule has 1 fully saturated rings. The summed E-state index contributed by atoms with van der Waals surface area (Å²) >= 11 is 3.40. The zero-order chi connectivity index (χ0) is 23.4. The number of amides is 4. The van der Waals surface area contributed by atoms with Gasteiger partial charge in [-0.05, 0) is 54.1 Å². The van der Waals surface area contributed by atoms with Gasteiger partial charge < -0.3 is 9.47 Å². The smallest absolute Gasteiger partial charge is 0.335 e. The number of hydrogen-bond donors (Lipinski definition) is 1. The van der Waals surface area contributed by atoms with Crippen LogP contribution in [0.4, 0.5) is 10.5 Å². The van der Waals surface area contributed by atoms with Crippen LogP contribution in [0.1, 0.15) is 11.1 Å². The summed E-state index contributed by atoms with van der Waals surface area (Å²) in [5, 5.41) is 2.22. The second kappa shape index (κ2) is 9.70. The number of para-hydroxylation sites is 1. The molecule has 0 aromatic heterocycles. The summed E-state index contributed by atoms with van der Waals surface area (Å²) in [4.78, 5) is 39.0. The van der Waals surface area contributed by atoms with E-state index < -0.39 is 17.8 Å². The zero-order valence-corrected chi connectivity index (χ0v) is 19.2. The Balaban J connectivity index is 1.62. The molecule has 4 amide bonds. The first-order valence-electron chi connectivity index (χ1n) is 9.98. The van der Waals surface area contributed by atoms with Gasteiger partial charge >= 0.3 is 6.03 Å². The van der Waals surface area contributed by atoms with Crippen molar-refractivity contribution in [3.05, 3.63) is 94.0 Å². The molecule has 1 heterocycles. The third-order valence-corrected chi connectivity index (χ3v) is 5.49. The first-order valence-corrected chi connectivity index (χ1v) is 10.8. The Labute approximate surface area is 198 Å². The van der Waals surface area contributed by atoms with Crippen molar-refractivity contribution < 1.29 is 23.9 Å². The Kier molecular flexibility index (Phi) is 6.55. The third kappa shape index (κ3) is 4.96. The van der Waals surface area contributed by atoms with Crippen LogP contribution in [0.15, 0.2) is 82.8 Å². The van der Waals surface area contributed by atoms with Gasteiger partial charge in [0.25, 0.3) is 11.8 Å². The normalized spacial score (nSPS) is 14.9. The number of rotatable bonds is 6. The number of barbiturate groups is 1. The van der Waals surface area contributed by atoms with Crippen LogP contribution < -0.4 is 19.7 Å². The van der Waals surface area contributed by atoms with E-state index in [2.05, 4.69) is 21.2 Å². The van der Waals surface area contributed by atoms with Crippen molar-refractivity contribution >= 4 is 45.5 Å². The molecule has 0 radical (unpaired) electrons. The lowest BCUT2D eigenvalue weighted by atomic mass is 10.1. The molecule has 3 aromatic rings. The number of carbonyl (C=O) groups excluding carboxylic acids is 3. The molecule has 0 aliphatic carbocycles. The van der Waals surface area contributed by atoms with Crippen molar-refractivity contribution in [2.24, 2.45) is 0 Å². The van der Waals surface area contributed by atoms with Gasteiger partial charge in [0.2, 0.25) is 0 Å². The van der Waals surface area contributed by atoms with E-state index in [9.17, 15) is 14.4 Å². The van der Waals surface area contributed by atoms with E-state index in [0.29, 0.717) is 29.4 Å². The Hall–Kier alpha value is -3.91. The number of urea groups is 1. The number of ether oxygens (including phenoxy) is 2. The molecule has 33 heavy (non-hydrogen) atoms. The van der Waals surface area contributed by atoms with Crippen LogP contribution in [0.25, 0.3) is 6.08 Å². The SMILES string of the molecule is COc1ccc(N2C(=O)NC(=O)/C(=C\c3ccccc3OCc3ccc(Br)cc3)C2=O)cc1. The zero-order valence-electron chi connectivity index (χ0n) is 17.6. The molecule has 0 saturated carbocycles. The Morgan fingerprint density at radius 2 is 1.64 bits per heavy atom. The quantitative estimate of drug-likeness (QED) is 0.386. The van der Waals surface area contributed by atoms with Crippen molar-refractivity contribution in [2.45, 2.75) is 6.61 Å². The maximum atomic E-state index is 13.1. The summed E-state index contributed by atoms with van der Waals surface area (Å²) in [5.41, 5.74) is 1.64. The first kappa shape index (κ1) is 22.3. The molecule has 0 bridgehead atoms. The summed E-state index contributed by atoms with van der Waals surface area (Å²) in [6.07, 6.45) is 1.43. The molecule has 1 N–H and O–H groups in total. The van der Waals surface area contributed by atoms with E-state index in [0.717, 1.165) is 14.9 Å². The van der Waals surface area contributed by atoms with Crippen molar-refractivity contribution in [3.63, 3.8) is 0 Å². The number of halogens is 1. The van der Waals surface area contributed by atoms with Gasteiger partial charge in [-0.2, -0.15) is 0 Å². The molecule has 3 aromatic carbocycles. The molecule has 8 heteroatoms. The molecule has 4 rings (SSSR count). The molecule has 0 unspecified atom stereocenters. The Bertz CT molecular complexity index is 1240. The molecular formula is C25H19BrN2O5. The maximum Gasteiger partial charge on any atom is 0.335 e. The number of anilines is 1. The molecule has 0 spiro atoms. The molecule has 1 aliphatic heterocycles. The second-order valence-electron chi connectivity index (χ2n) is 7.11. The van der Waals surface area contributed by atoms with Crippen LogP contribution in [0.3, 0.4) is 0 Å². The van der Waals surface area contributed by atoms with Gasteiger partial charge in [-0.3, -0.25) is 14.9 Å². The van der Waals surface area contributed by atoms with Crippen LogP contribution in [0, 0.1) is 0 Å². The second-order valence-corrected chi connectivity index (χ2v) is 8.02. The Morgan fingerprint density at radius 3 is 2.33 bits per heavy atom. The number of nitrogens with zero attached hydrogens (tertiary/aromatic N) is 1. The molecule has 166 valence electrons. The Morgan fingerprint density at radius 1 is 0.939 bits per heavy atom. The van der Waals surface area contributed by atoms with E-state index in [4.69, 9.17) is 9.47 Å². The highest BCUT2D eigenvalue weighted by Crippen LogP contribution is 2.27. The van der Waals surface area contributed by atoms with Gasteiger partial charge in [0.05, 0.1) is 12.8 Å². The minimum Gasteiger partial charge on any atom is -0.497 e. The number of benzene rings is 3. The standard InChI is InChI=1S/C25H19BrN2O5/c1-32-20-12-10-19(11-13-20)28-24(30)21(23(29)27-25(28)31)14-17-4-2-3-5-22(17)33-15-16-6-8-18(26)9-7-16/h2-14H,15H2,1H3,(H,27,29,31)/b21-14+. The van der Waals surface area contributed by atoms with Crippen LogP contribution in [-0.2, 0) is 16.2 Å². The highest BCUT2D eigenvalue weighted by atomic mass is 79.9. The van der Waals surface area contributed by atoms with E-state index in [-0.39, 0.29) is 5.57 Å². The summed E-state index contributed by atoms with van der Waals surface area (Å²) in [7, 11) is 1.52. The molecule has 1 saturated heterocycles. The number of nitrogens with one attached hydrogen (secondary N) is 1. The lowest BCUT2D eigenvalue weighted by Crippen LogP contribution is -2.54. The average molecular weight is 507 g/mol. The molecule has 7 nitrogen and oxygen atoms in total. The fraction of sp³-hybridized carbons (Fsp3) is 0.0800. The molecular weight excluding hydrogens is 488 g/mol. The first-order chi connectivity index (χ1) is 16.0. The van der Waals surface area contributed by atoms with Crippen LogP contribution in [-0.4, -0.2) is 25.0 Å². The van der Waals surface area contributed by atoms with Crippen molar-refractivity contribution in [2.75, 3.05) is 12.0 Å². The number of carbonyl (C=O) groups is 3. The van der Waals surface area contributed by atoms with Gasteiger partial charge in [-0.1, -0.05) is 46.3 Å². The largest absolute Gasteiger partial charge is 0.497 e. The van der Waals surface area contributed by atoms with E-state index >= 15 is 0 Å². The summed E-state index contributed by atoms with van der Waals surface area (Å²) in [5.74, 6) is -0.414. The van der Waals surface area contributed by atoms with Crippen LogP contribution in [0.5, 0.6) is 11.5 Å². The monoisotopic (exact) mass is 506 g/mol. The van der Waals surface area contributed by atoms with E-state index in [1.165, 1.54) is 13.2 Å². The minimum atomic E-state index is -0.813. The van der Waals surface area contributed by atoms with Gasteiger partial charge in [-0.15, -0.1) is 0 Å². The molecule has 1 aliphatic rings. The van der Waals surface area contributed by atoms with Gasteiger partial charge in [-0.25, -0.2) is 9.69 Å². The van der Waals surface area contributed by atoms with Crippen molar-refractivity contribution in [1.29, 1.82) is 0 Å². The van der Waals surface area contributed by atoms with Crippen LogP contribution >= 0.6 is 15.9 Å². The lowest BCUT2D eigenvalue weighted by Gasteiger charge is -2.26. The summed E-state index contributed by atoms with van der Waals surface area (Å²) < 4.78 is 12.0. The number of hydrogen-bond acceptors (Lipinski definition) is 5. The highest BCUT2D eigenvalue weighted by molar-refractivity contribution is 9.10. The predicted molar refractivity (Wildman–Crippen MR) is 127 cm³/mol. The van der Waals surface area contributed by atoms with Gasteiger partial charge in [0.1, 0.15) is 23.7 Å². The van der Waals surface area contributed by atoms with Crippen LogP contribution in [0.2, 0.25) is 0 Å². The third-order valence-electron chi connectivity index (χ3n) is 4.96. The topological polar surface area (TPSA) is 84.9 Å². The van der Waals surface area contributed by atoms with Crippen molar-refractivity contribution in [1.82, 2.24) is 5.32 Å². The van der Waals surface area contributed by atoms with Gasteiger partial charge in [0.15, 0.2) is 0 Å². The van der Waals surface area contributed by atoms with Gasteiger partial charge in [0, 0.05) is 10.0 Å². The molecule has 0 atom stereocenters. The fourth-order valence-electron chi connectivity index (χ4n) is 3.25.